The van der Waals surface area contributed by atoms with Gasteiger partial charge in [-0.1, -0.05) is 12.1 Å². The summed E-state index contributed by atoms with van der Waals surface area (Å²) >= 11 is 0. The summed E-state index contributed by atoms with van der Waals surface area (Å²) in [4.78, 5) is 23.5. The molecular weight excluding hydrogens is 332 g/mol. The zero-order valence-corrected chi connectivity index (χ0v) is 14.7. The minimum absolute atomic E-state index is 0.125. The van der Waals surface area contributed by atoms with Gasteiger partial charge in [0.2, 0.25) is 5.91 Å². The lowest BCUT2D eigenvalue weighted by Gasteiger charge is -2.08. The molecule has 0 unspecified atom stereocenters. The maximum atomic E-state index is 12.4. The third-order valence-corrected chi connectivity index (χ3v) is 4.30. The lowest BCUT2D eigenvalue weighted by molar-refractivity contribution is 0.0471. The molecular formula is C20H20N2O4. The lowest BCUT2D eigenvalue weighted by Crippen LogP contribution is -2.11. The first kappa shape index (κ1) is 17.5. The van der Waals surface area contributed by atoms with Crippen molar-refractivity contribution in [2.75, 3.05) is 0 Å². The van der Waals surface area contributed by atoms with E-state index in [0.29, 0.717) is 17.7 Å². The number of benzene rings is 1. The van der Waals surface area contributed by atoms with E-state index in [1.165, 1.54) is 0 Å². The Kier molecular flexibility index (Phi) is 4.93. The van der Waals surface area contributed by atoms with Crippen LogP contribution in [-0.4, -0.2) is 16.4 Å². The van der Waals surface area contributed by atoms with E-state index in [4.69, 9.17) is 14.9 Å². The van der Waals surface area contributed by atoms with Gasteiger partial charge in [0.25, 0.3) is 0 Å². The van der Waals surface area contributed by atoms with Gasteiger partial charge >= 0.3 is 5.97 Å². The van der Waals surface area contributed by atoms with Crippen molar-refractivity contribution in [3.8, 4) is 0 Å². The predicted molar refractivity (Wildman–Crippen MR) is 95.8 cm³/mol. The zero-order chi connectivity index (χ0) is 18.7. The highest BCUT2D eigenvalue weighted by Gasteiger charge is 2.17. The fourth-order valence-corrected chi connectivity index (χ4v) is 2.80. The van der Waals surface area contributed by atoms with E-state index in [9.17, 15) is 9.59 Å². The first-order valence-corrected chi connectivity index (χ1v) is 8.20. The summed E-state index contributed by atoms with van der Waals surface area (Å²) in [5.74, 6) is -0.0541. The first-order chi connectivity index (χ1) is 12.5. The van der Waals surface area contributed by atoms with Crippen molar-refractivity contribution in [1.29, 1.82) is 0 Å². The fraction of sp³-hybridized carbons (Fsp3) is 0.200. The van der Waals surface area contributed by atoms with Crippen LogP contribution in [0.2, 0.25) is 0 Å². The number of primary amides is 1. The van der Waals surface area contributed by atoms with Crippen LogP contribution in [0.3, 0.4) is 0 Å². The minimum atomic E-state index is -0.488. The van der Waals surface area contributed by atoms with Crippen LogP contribution in [0, 0.1) is 13.8 Å². The van der Waals surface area contributed by atoms with Crippen LogP contribution in [0.25, 0.3) is 0 Å². The van der Waals surface area contributed by atoms with E-state index in [0.717, 1.165) is 22.7 Å². The van der Waals surface area contributed by atoms with E-state index in [2.05, 4.69) is 0 Å². The molecule has 6 nitrogen and oxygen atoms in total. The molecule has 0 aliphatic heterocycles. The summed E-state index contributed by atoms with van der Waals surface area (Å²) in [6.07, 6.45) is 1.63. The second-order valence-corrected chi connectivity index (χ2v) is 6.09. The maximum Gasteiger partial charge on any atom is 0.340 e. The standard InChI is InChI=1S/C20H20N2O4/c1-13-10-18(14(2)22(13)11-17-4-3-9-25-17)20(24)26-12-15-5-7-16(8-6-15)19(21)23/h3-10H,11-12H2,1-2H3,(H2,21,23). The molecule has 134 valence electrons. The third kappa shape index (κ3) is 3.69. The number of hydrogen-bond acceptors (Lipinski definition) is 4. The van der Waals surface area contributed by atoms with Crippen molar-refractivity contribution >= 4 is 11.9 Å². The normalized spacial score (nSPS) is 10.7. The molecule has 26 heavy (non-hydrogen) atoms. The minimum Gasteiger partial charge on any atom is -0.467 e. The summed E-state index contributed by atoms with van der Waals surface area (Å²) in [6.45, 7) is 4.51. The van der Waals surface area contributed by atoms with Crippen LogP contribution >= 0.6 is 0 Å². The van der Waals surface area contributed by atoms with Gasteiger partial charge in [-0.05, 0) is 49.7 Å². The monoisotopic (exact) mass is 352 g/mol. The number of rotatable bonds is 6. The molecule has 1 aromatic carbocycles. The Labute approximate surface area is 151 Å². The quantitative estimate of drug-likeness (QED) is 0.690. The van der Waals surface area contributed by atoms with E-state index >= 15 is 0 Å². The van der Waals surface area contributed by atoms with Gasteiger partial charge in [0.1, 0.15) is 12.4 Å². The SMILES string of the molecule is Cc1cc(C(=O)OCc2ccc(C(N)=O)cc2)c(C)n1Cc1ccco1. The maximum absolute atomic E-state index is 12.4. The van der Waals surface area contributed by atoms with Crippen LogP contribution < -0.4 is 5.73 Å². The smallest absolute Gasteiger partial charge is 0.340 e. The Morgan fingerprint density at radius 3 is 2.50 bits per heavy atom. The Balaban J connectivity index is 1.69. The van der Waals surface area contributed by atoms with Crippen molar-refractivity contribution in [2.24, 2.45) is 5.73 Å². The number of nitrogens with two attached hydrogens (primary N) is 1. The molecule has 3 rings (SSSR count). The molecule has 2 N–H and O–H groups in total. The highest BCUT2D eigenvalue weighted by Crippen LogP contribution is 2.19. The van der Waals surface area contributed by atoms with Crippen molar-refractivity contribution in [3.63, 3.8) is 0 Å². The molecule has 0 atom stereocenters. The molecule has 0 saturated carbocycles. The van der Waals surface area contributed by atoms with Gasteiger partial charge in [-0.2, -0.15) is 0 Å². The molecule has 3 aromatic rings. The summed E-state index contributed by atoms with van der Waals surface area (Å²) < 4.78 is 12.8. The molecule has 0 saturated heterocycles. The van der Waals surface area contributed by atoms with Crippen molar-refractivity contribution in [1.82, 2.24) is 4.57 Å². The van der Waals surface area contributed by atoms with Gasteiger partial charge in [0.15, 0.2) is 0 Å². The Hall–Kier alpha value is -3.28. The molecule has 0 bridgehead atoms. The molecule has 0 aliphatic carbocycles. The number of ether oxygens (including phenoxy) is 1. The van der Waals surface area contributed by atoms with Gasteiger partial charge in [-0.3, -0.25) is 4.79 Å². The van der Waals surface area contributed by atoms with Gasteiger partial charge < -0.3 is 19.5 Å². The number of hydrogen-bond donors (Lipinski definition) is 1. The second kappa shape index (κ2) is 7.31. The Morgan fingerprint density at radius 1 is 1.15 bits per heavy atom. The highest BCUT2D eigenvalue weighted by atomic mass is 16.5. The van der Waals surface area contributed by atoms with Gasteiger partial charge in [0, 0.05) is 17.0 Å². The Bertz CT molecular complexity index is 922. The molecule has 2 heterocycles. The number of aromatic nitrogens is 1. The average Bonchev–Trinajstić information content (AvgIpc) is 3.24. The molecule has 0 spiro atoms. The molecule has 6 heteroatoms. The van der Waals surface area contributed by atoms with Crippen molar-refractivity contribution < 1.29 is 18.7 Å². The number of esters is 1. The average molecular weight is 352 g/mol. The van der Waals surface area contributed by atoms with Crippen LogP contribution in [-0.2, 0) is 17.9 Å². The number of carbonyl (C=O) groups is 2. The fourth-order valence-electron chi connectivity index (χ4n) is 2.80. The molecule has 1 amide bonds. The predicted octanol–water partition coefficient (Wildman–Crippen LogP) is 3.20. The first-order valence-electron chi connectivity index (χ1n) is 8.20. The third-order valence-electron chi connectivity index (χ3n) is 4.30. The van der Waals surface area contributed by atoms with Gasteiger partial charge in [-0.15, -0.1) is 0 Å². The Morgan fingerprint density at radius 2 is 1.88 bits per heavy atom. The van der Waals surface area contributed by atoms with Crippen LogP contribution in [0.5, 0.6) is 0 Å². The highest BCUT2D eigenvalue weighted by molar-refractivity contribution is 5.93. The van der Waals surface area contributed by atoms with Gasteiger partial charge in [0.05, 0.1) is 18.4 Å². The second-order valence-electron chi connectivity index (χ2n) is 6.09. The van der Waals surface area contributed by atoms with Gasteiger partial charge in [-0.25, -0.2) is 4.79 Å². The molecule has 0 radical (unpaired) electrons. The van der Waals surface area contributed by atoms with Crippen LogP contribution in [0.15, 0.2) is 53.1 Å². The van der Waals surface area contributed by atoms with Crippen LogP contribution in [0.4, 0.5) is 0 Å². The summed E-state index contributed by atoms with van der Waals surface area (Å²) in [5.41, 5.74) is 8.73. The number of nitrogens with zero attached hydrogens (tertiary/aromatic N) is 1. The molecule has 2 aromatic heterocycles. The summed E-state index contributed by atoms with van der Waals surface area (Å²) in [5, 5.41) is 0. The van der Waals surface area contributed by atoms with Crippen molar-refractivity contribution in [2.45, 2.75) is 27.0 Å². The van der Waals surface area contributed by atoms with E-state index in [1.807, 2.05) is 36.6 Å². The van der Waals surface area contributed by atoms with Crippen molar-refractivity contribution in [3.05, 3.63) is 82.6 Å². The number of furan rings is 1. The van der Waals surface area contributed by atoms with E-state index < -0.39 is 5.91 Å². The molecule has 0 fully saturated rings. The lowest BCUT2D eigenvalue weighted by atomic mass is 10.1. The summed E-state index contributed by atoms with van der Waals surface area (Å²) in [7, 11) is 0. The zero-order valence-electron chi connectivity index (χ0n) is 14.7. The number of aryl methyl sites for hydroxylation is 1. The molecule has 0 aliphatic rings. The summed E-state index contributed by atoms with van der Waals surface area (Å²) in [6, 6.07) is 12.2. The topological polar surface area (TPSA) is 87.5 Å². The van der Waals surface area contributed by atoms with Crippen LogP contribution in [0.1, 0.15) is 43.4 Å². The van der Waals surface area contributed by atoms with E-state index in [1.54, 1.807) is 30.5 Å². The largest absolute Gasteiger partial charge is 0.467 e. The number of amides is 1. The van der Waals surface area contributed by atoms with E-state index in [-0.39, 0.29) is 12.6 Å². The number of carbonyl (C=O) groups excluding carboxylic acids is 2.